The first kappa shape index (κ1) is 17.7. The third-order valence-electron chi connectivity index (χ3n) is 3.71. The zero-order chi connectivity index (χ0) is 17.8. The van der Waals surface area contributed by atoms with Gasteiger partial charge < -0.3 is 14.0 Å². The van der Waals surface area contributed by atoms with Gasteiger partial charge in [-0.2, -0.15) is 4.99 Å². The molecule has 2 aromatic carbocycles. The molecule has 0 saturated carbocycles. The fourth-order valence-electron chi connectivity index (χ4n) is 2.45. The maximum absolute atomic E-state index is 12.5. The molecule has 0 aliphatic rings. The Hall–Kier alpha value is -2.15. The quantitative estimate of drug-likeness (QED) is 0.681. The van der Waals surface area contributed by atoms with Gasteiger partial charge in [-0.3, -0.25) is 4.79 Å². The summed E-state index contributed by atoms with van der Waals surface area (Å²) in [4.78, 5) is 17.4. The first-order chi connectivity index (χ1) is 12.1. The lowest BCUT2D eigenvalue weighted by atomic mass is 10.2. The number of carbonyl (C=O) groups is 1. The number of para-hydroxylation sites is 1. The van der Waals surface area contributed by atoms with E-state index in [1.165, 1.54) is 11.3 Å². The molecule has 0 aliphatic carbocycles. The maximum atomic E-state index is 12.5. The maximum Gasteiger partial charge on any atom is 0.279 e. The van der Waals surface area contributed by atoms with Crippen LogP contribution in [0.15, 0.2) is 47.5 Å². The van der Waals surface area contributed by atoms with Gasteiger partial charge in [0.1, 0.15) is 5.75 Å². The van der Waals surface area contributed by atoms with Gasteiger partial charge in [0, 0.05) is 19.2 Å². The Labute approximate surface area is 154 Å². The number of hydrogen-bond donors (Lipinski definition) is 0. The van der Waals surface area contributed by atoms with Crippen LogP contribution >= 0.6 is 22.9 Å². The Bertz CT molecular complexity index is 961. The van der Waals surface area contributed by atoms with Crippen molar-refractivity contribution >= 4 is 39.1 Å². The van der Waals surface area contributed by atoms with E-state index in [2.05, 4.69) is 4.99 Å². The molecule has 0 radical (unpaired) electrons. The first-order valence-corrected chi connectivity index (χ1v) is 8.83. The molecule has 1 amide bonds. The predicted molar refractivity (Wildman–Crippen MR) is 99.6 cm³/mol. The summed E-state index contributed by atoms with van der Waals surface area (Å²) in [6, 6.07) is 12.6. The van der Waals surface area contributed by atoms with E-state index < -0.39 is 0 Å². The molecule has 0 fully saturated rings. The van der Waals surface area contributed by atoms with Crippen LogP contribution < -0.4 is 9.54 Å². The third-order valence-corrected chi connectivity index (χ3v) is 5.05. The Balaban J connectivity index is 2.07. The number of carbonyl (C=O) groups excluding carboxylic acids is 1. The van der Waals surface area contributed by atoms with Crippen molar-refractivity contribution in [3.05, 3.63) is 57.9 Å². The lowest BCUT2D eigenvalue weighted by Gasteiger charge is -2.05. The largest absolute Gasteiger partial charge is 0.497 e. The van der Waals surface area contributed by atoms with Gasteiger partial charge in [0.05, 0.1) is 29.0 Å². The number of rotatable bonds is 5. The topological polar surface area (TPSA) is 52.8 Å². The molecule has 5 nitrogen and oxygen atoms in total. The standard InChI is InChI=1S/C18H17ClN2O3S/c1-23-11-10-21-16-14(19)4-3-5-15(16)25-18(21)20-17(22)12-6-8-13(24-2)9-7-12/h3-9H,10-11H2,1-2H3. The average molecular weight is 377 g/mol. The molecular formula is C18H17ClN2O3S. The molecule has 0 saturated heterocycles. The zero-order valence-electron chi connectivity index (χ0n) is 13.9. The number of aromatic nitrogens is 1. The van der Waals surface area contributed by atoms with Crippen LogP contribution in [0, 0.1) is 0 Å². The summed E-state index contributed by atoms with van der Waals surface area (Å²) in [5.74, 6) is 0.386. The third kappa shape index (κ3) is 3.76. The number of fused-ring (bicyclic) bond motifs is 1. The minimum atomic E-state index is -0.309. The molecule has 0 unspecified atom stereocenters. The molecule has 7 heteroatoms. The fourth-order valence-corrected chi connectivity index (χ4v) is 3.86. The minimum absolute atomic E-state index is 0.309. The predicted octanol–water partition coefficient (Wildman–Crippen LogP) is 3.75. The smallest absolute Gasteiger partial charge is 0.279 e. The number of nitrogens with zero attached hydrogens (tertiary/aromatic N) is 2. The number of hydrogen-bond acceptors (Lipinski definition) is 4. The number of benzene rings is 2. The van der Waals surface area contributed by atoms with Crippen LogP contribution in [0.1, 0.15) is 10.4 Å². The molecule has 3 rings (SSSR count). The van der Waals surface area contributed by atoms with Crippen molar-refractivity contribution in [2.75, 3.05) is 20.8 Å². The van der Waals surface area contributed by atoms with Crippen molar-refractivity contribution in [1.29, 1.82) is 0 Å². The molecule has 3 aromatic rings. The molecular weight excluding hydrogens is 360 g/mol. The van der Waals surface area contributed by atoms with E-state index in [9.17, 15) is 4.79 Å². The first-order valence-electron chi connectivity index (χ1n) is 7.64. The van der Waals surface area contributed by atoms with E-state index in [0.717, 1.165) is 10.2 Å². The van der Waals surface area contributed by atoms with Gasteiger partial charge in [-0.05, 0) is 36.4 Å². The molecule has 0 aliphatic heterocycles. The van der Waals surface area contributed by atoms with Gasteiger partial charge in [-0.15, -0.1) is 0 Å². The van der Waals surface area contributed by atoms with Gasteiger partial charge in [-0.25, -0.2) is 0 Å². The van der Waals surface area contributed by atoms with E-state index in [-0.39, 0.29) is 5.91 Å². The van der Waals surface area contributed by atoms with Gasteiger partial charge in [0.25, 0.3) is 5.91 Å². The van der Waals surface area contributed by atoms with Crippen LogP contribution in [0.2, 0.25) is 5.02 Å². The van der Waals surface area contributed by atoms with Crippen LogP contribution in [0.4, 0.5) is 0 Å². The molecule has 0 spiro atoms. The molecule has 0 N–H and O–H groups in total. The Morgan fingerprint density at radius 2 is 1.96 bits per heavy atom. The number of thiazole rings is 1. The van der Waals surface area contributed by atoms with E-state index in [4.69, 9.17) is 21.1 Å². The Kier molecular flexibility index (Phi) is 5.53. The zero-order valence-corrected chi connectivity index (χ0v) is 15.4. The summed E-state index contributed by atoms with van der Waals surface area (Å²) < 4.78 is 13.2. The monoisotopic (exact) mass is 376 g/mol. The molecule has 0 bridgehead atoms. The molecule has 0 atom stereocenters. The summed E-state index contributed by atoms with van der Waals surface area (Å²) in [7, 11) is 3.22. The van der Waals surface area contributed by atoms with Crippen molar-refractivity contribution in [1.82, 2.24) is 4.57 Å². The highest BCUT2D eigenvalue weighted by Crippen LogP contribution is 2.25. The number of amides is 1. The summed E-state index contributed by atoms with van der Waals surface area (Å²) >= 11 is 7.78. The summed E-state index contributed by atoms with van der Waals surface area (Å²) in [5, 5.41) is 0.628. The van der Waals surface area contributed by atoms with Gasteiger partial charge >= 0.3 is 0 Å². The van der Waals surface area contributed by atoms with Crippen LogP contribution in [-0.4, -0.2) is 31.3 Å². The lowest BCUT2D eigenvalue weighted by Crippen LogP contribution is -2.19. The minimum Gasteiger partial charge on any atom is -0.497 e. The van der Waals surface area contributed by atoms with Gasteiger partial charge in [0.2, 0.25) is 0 Å². The highest BCUT2D eigenvalue weighted by Gasteiger charge is 2.11. The number of halogens is 1. The van der Waals surface area contributed by atoms with Crippen LogP contribution in [0.5, 0.6) is 5.75 Å². The molecule has 1 aromatic heterocycles. The summed E-state index contributed by atoms with van der Waals surface area (Å²) in [5.41, 5.74) is 1.37. The van der Waals surface area contributed by atoms with Crippen molar-refractivity contribution in [3.8, 4) is 5.75 Å². The van der Waals surface area contributed by atoms with E-state index in [1.807, 2.05) is 22.8 Å². The molecule has 130 valence electrons. The van der Waals surface area contributed by atoms with Gasteiger partial charge in [-0.1, -0.05) is 29.0 Å². The van der Waals surface area contributed by atoms with Crippen LogP contribution in [0.25, 0.3) is 10.2 Å². The fraction of sp³-hybridized carbons (Fsp3) is 0.222. The summed E-state index contributed by atoms with van der Waals surface area (Å²) in [6.07, 6.45) is 0. The van der Waals surface area contributed by atoms with E-state index in [1.54, 1.807) is 38.5 Å². The molecule has 25 heavy (non-hydrogen) atoms. The molecule has 1 heterocycles. The highest BCUT2D eigenvalue weighted by atomic mass is 35.5. The van der Waals surface area contributed by atoms with Crippen LogP contribution in [-0.2, 0) is 11.3 Å². The highest BCUT2D eigenvalue weighted by molar-refractivity contribution is 7.16. The normalized spacial score (nSPS) is 11.9. The second-order valence-electron chi connectivity index (χ2n) is 5.26. The second kappa shape index (κ2) is 7.82. The number of ether oxygens (including phenoxy) is 2. The van der Waals surface area contributed by atoms with Crippen molar-refractivity contribution in [2.45, 2.75) is 6.54 Å². The Morgan fingerprint density at radius 1 is 1.20 bits per heavy atom. The van der Waals surface area contributed by atoms with Crippen molar-refractivity contribution < 1.29 is 14.3 Å². The SMILES string of the molecule is COCCn1c(=NC(=O)c2ccc(OC)cc2)sc2cccc(Cl)c21. The average Bonchev–Trinajstić information content (AvgIpc) is 2.98. The number of methoxy groups -OCH3 is 2. The summed E-state index contributed by atoms with van der Waals surface area (Å²) in [6.45, 7) is 1.07. The van der Waals surface area contributed by atoms with Crippen LogP contribution in [0.3, 0.4) is 0 Å². The van der Waals surface area contributed by atoms with E-state index >= 15 is 0 Å². The van der Waals surface area contributed by atoms with Crippen molar-refractivity contribution in [3.63, 3.8) is 0 Å². The van der Waals surface area contributed by atoms with E-state index in [0.29, 0.717) is 34.3 Å². The lowest BCUT2D eigenvalue weighted by molar-refractivity contribution is 0.0997. The van der Waals surface area contributed by atoms with Gasteiger partial charge in [0.15, 0.2) is 4.80 Å². The Morgan fingerprint density at radius 3 is 2.64 bits per heavy atom. The second-order valence-corrected chi connectivity index (χ2v) is 6.68. The van der Waals surface area contributed by atoms with Crippen molar-refractivity contribution in [2.24, 2.45) is 4.99 Å².